The van der Waals surface area contributed by atoms with Crippen LogP contribution in [0.2, 0.25) is 10.2 Å². The minimum atomic E-state index is -0.123. The molecule has 1 aromatic heterocycles. The highest BCUT2D eigenvalue weighted by Crippen LogP contribution is 2.25. The van der Waals surface area contributed by atoms with Gasteiger partial charge in [-0.25, -0.2) is 0 Å². The largest absolute Gasteiger partial charge is 0.496 e. The average molecular weight is 356 g/mol. The lowest BCUT2D eigenvalue weighted by molar-refractivity contribution is 0.0951. The molecule has 23 heavy (non-hydrogen) atoms. The van der Waals surface area contributed by atoms with Gasteiger partial charge in [0.05, 0.1) is 12.8 Å². The molecular formula is C16H19Cl2N3O2. The Bertz CT molecular complexity index is 714. The fourth-order valence-corrected chi connectivity index (χ4v) is 2.68. The highest BCUT2D eigenvalue weighted by atomic mass is 35.5. The van der Waals surface area contributed by atoms with Crippen LogP contribution in [0.25, 0.3) is 0 Å². The van der Waals surface area contributed by atoms with Crippen molar-refractivity contribution < 1.29 is 9.53 Å². The van der Waals surface area contributed by atoms with Crippen molar-refractivity contribution in [1.82, 2.24) is 15.1 Å². The maximum Gasteiger partial charge on any atom is 0.251 e. The van der Waals surface area contributed by atoms with E-state index in [9.17, 15) is 4.79 Å². The maximum absolute atomic E-state index is 12.2. The molecule has 2 aromatic rings. The molecule has 0 aliphatic heterocycles. The summed E-state index contributed by atoms with van der Waals surface area (Å²) in [4.78, 5) is 12.2. The molecule has 124 valence electrons. The van der Waals surface area contributed by atoms with E-state index in [1.807, 2.05) is 13.0 Å². The zero-order valence-electron chi connectivity index (χ0n) is 13.3. The summed E-state index contributed by atoms with van der Waals surface area (Å²) in [6, 6.07) is 5.41. The second-order valence-electron chi connectivity index (χ2n) is 5.16. The number of nitrogens with zero attached hydrogens (tertiary/aromatic N) is 2. The van der Waals surface area contributed by atoms with Crippen LogP contribution in [0.15, 0.2) is 18.2 Å². The van der Waals surface area contributed by atoms with Crippen LogP contribution in [0.3, 0.4) is 0 Å². The first-order chi connectivity index (χ1) is 11.0. The van der Waals surface area contributed by atoms with Crippen LogP contribution in [0.4, 0.5) is 0 Å². The van der Waals surface area contributed by atoms with Gasteiger partial charge in [-0.1, -0.05) is 29.3 Å². The molecule has 1 aromatic carbocycles. The van der Waals surface area contributed by atoms with Crippen molar-refractivity contribution in [2.45, 2.75) is 26.8 Å². The molecule has 0 fully saturated rings. The molecule has 0 saturated heterocycles. The molecule has 1 heterocycles. The number of hydrogen-bond acceptors (Lipinski definition) is 3. The monoisotopic (exact) mass is 355 g/mol. The number of ether oxygens (including phenoxy) is 1. The Morgan fingerprint density at radius 3 is 2.70 bits per heavy atom. The van der Waals surface area contributed by atoms with Crippen LogP contribution >= 0.6 is 23.2 Å². The first kappa shape index (κ1) is 17.6. The van der Waals surface area contributed by atoms with E-state index < -0.39 is 0 Å². The van der Waals surface area contributed by atoms with Crippen molar-refractivity contribution in [3.63, 3.8) is 0 Å². The van der Waals surface area contributed by atoms with Crippen molar-refractivity contribution in [3.8, 4) is 5.75 Å². The van der Waals surface area contributed by atoms with Crippen molar-refractivity contribution >= 4 is 29.1 Å². The van der Waals surface area contributed by atoms with E-state index in [-0.39, 0.29) is 5.91 Å². The molecule has 5 nitrogen and oxygen atoms in total. The van der Waals surface area contributed by atoms with Gasteiger partial charge in [0.15, 0.2) is 0 Å². The molecule has 0 bridgehead atoms. The Morgan fingerprint density at radius 1 is 1.35 bits per heavy atom. The summed E-state index contributed by atoms with van der Waals surface area (Å²) in [7, 11) is 1.59. The van der Waals surface area contributed by atoms with Crippen LogP contribution < -0.4 is 10.1 Å². The molecule has 1 N–H and O–H groups in total. The summed E-state index contributed by atoms with van der Waals surface area (Å²) < 4.78 is 6.87. The highest BCUT2D eigenvalue weighted by Gasteiger charge is 2.13. The molecule has 0 saturated carbocycles. The predicted octanol–water partition coefficient (Wildman–Crippen LogP) is 3.64. The normalized spacial score (nSPS) is 10.7. The second kappa shape index (κ2) is 7.70. The Balaban J connectivity index is 1.89. The molecule has 0 spiro atoms. The number of carbonyl (C=O) groups excluding carboxylic acids is 1. The standard InChI is InChI=1S/C16H19Cl2N3O2/c1-10-12(6-4-7-13(10)23-3)16(22)19-8-5-9-21-15(18)14(17)11(2)20-21/h4,6-7H,5,8-9H2,1-3H3,(H,19,22). The smallest absolute Gasteiger partial charge is 0.251 e. The average Bonchev–Trinajstić information content (AvgIpc) is 2.78. The van der Waals surface area contributed by atoms with Gasteiger partial charge in [0.25, 0.3) is 5.91 Å². The van der Waals surface area contributed by atoms with E-state index in [2.05, 4.69) is 10.4 Å². The van der Waals surface area contributed by atoms with Gasteiger partial charge in [0.1, 0.15) is 15.9 Å². The molecule has 0 aliphatic rings. The molecule has 0 aliphatic carbocycles. The number of carbonyl (C=O) groups is 1. The summed E-state index contributed by atoms with van der Waals surface area (Å²) in [6.45, 7) is 4.77. The van der Waals surface area contributed by atoms with E-state index in [0.717, 1.165) is 5.56 Å². The number of methoxy groups -OCH3 is 1. The van der Waals surface area contributed by atoms with Gasteiger partial charge in [0.2, 0.25) is 0 Å². The highest BCUT2D eigenvalue weighted by molar-refractivity contribution is 6.41. The van der Waals surface area contributed by atoms with Crippen molar-refractivity contribution in [2.24, 2.45) is 0 Å². The Morgan fingerprint density at radius 2 is 2.09 bits per heavy atom. The van der Waals surface area contributed by atoms with E-state index in [1.54, 1.807) is 30.8 Å². The van der Waals surface area contributed by atoms with E-state index >= 15 is 0 Å². The molecule has 7 heteroatoms. The molecule has 0 atom stereocenters. The molecular weight excluding hydrogens is 337 g/mol. The van der Waals surface area contributed by atoms with Gasteiger partial charge in [-0.3, -0.25) is 9.48 Å². The van der Waals surface area contributed by atoms with Crippen molar-refractivity contribution in [3.05, 3.63) is 45.2 Å². The van der Waals surface area contributed by atoms with Crippen LogP contribution in [0.1, 0.15) is 28.0 Å². The third kappa shape index (κ3) is 3.98. The van der Waals surface area contributed by atoms with E-state index in [4.69, 9.17) is 27.9 Å². The zero-order valence-corrected chi connectivity index (χ0v) is 14.8. The van der Waals surface area contributed by atoms with Gasteiger partial charge in [0, 0.05) is 24.2 Å². The molecule has 1 amide bonds. The van der Waals surface area contributed by atoms with Crippen LogP contribution in [0, 0.1) is 13.8 Å². The fourth-order valence-electron chi connectivity index (χ4n) is 2.29. The number of hydrogen-bond donors (Lipinski definition) is 1. The number of benzene rings is 1. The Hall–Kier alpha value is -1.72. The Kier molecular flexibility index (Phi) is 5.91. The SMILES string of the molecule is COc1cccc(C(=O)NCCCn2nc(C)c(Cl)c2Cl)c1C. The third-order valence-corrected chi connectivity index (χ3v) is 4.51. The number of nitrogens with one attached hydrogen (secondary N) is 1. The van der Waals surface area contributed by atoms with Crippen molar-refractivity contribution in [1.29, 1.82) is 0 Å². The summed E-state index contributed by atoms with van der Waals surface area (Å²) >= 11 is 12.1. The molecule has 0 unspecified atom stereocenters. The van der Waals surface area contributed by atoms with Gasteiger partial charge in [-0.15, -0.1) is 0 Å². The number of rotatable bonds is 6. The van der Waals surface area contributed by atoms with Crippen LogP contribution in [-0.4, -0.2) is 29.3 Å². The summed E-state index contributed by atoms with van der Waals surface area (Å²) in [6.07, 6.45) is 0.700. The number of aromatic nitrogens is 2. The van der Waals surface area contributed by atoms with Crippen molar-refractivity contribution in [2.75, 3.05) is 13.7 Å². The zero-order chi connectivity index (χ0) is 17.0. The Labute approximate surface area is 145 Å². The van der Waals surface area contributed by atoms with E-state index in [1.165, 1.54) is 0 Å². The lowest BCUT2D eigenvalue weighted by Crippen LogP contribution is -2.26. The topological polar surface area (TPSA) is 56.1 Å². The summed E-state index contributed by atoms with van der Waals surface area (Å²) in [5.41, 5.74) is 2.14. The predicted molar refractivity (Wildman–Crippen MR) is 91.7 cm³/mol. The summed E-state index contributed by atoms with van der Waals surface area (Å²) in [5.74, 6) is 0.577. The summed E-state index contributed by atoms with van der Waals surface area (Å²) in [5, 5.41) is 8.04. The molecule has 0 radical (unpaired) electrons. The van der Waals surface area contributed by atoms with E-state index in [0.29, 0.717) is 46.7 Å². The van der Waals surface area contributed by atoms with Gasteiger partial charge < -0.3 is 10.1 Å². The van der Waals surface area contributed by atoms with Gasteiger partial charge in [-0.05, 0) is 32.4 Å². The first-order valence-electron chi connectivity index (χ1n) is 7.26. The lowest BCUT2D eigenvalue weighted by atomic mass is 10.1. The minimum absolute atomic E-state index is 0.123. The third-order valence-electron chi connectivity index (χ3n) is 3.58. The molecule has 2 rings (SSSR count). The first-order valence-corrected chi connectivity index (χ1v) is 8.01. The fraction of sp³-hybridized carbons (Fsp3) is 0.375. The van der Waals surface area contributed by atoms with Crippen LogP contribution in [0.5, 0.6) is 5.75 Å². The van der Waals surface area contributed by atoms with Crippen LogP contribution in [-0.2, 0) is 6.54 Å². The quantitative estimate of drug-likeness (QED) is 0.804. The van der Waals surface area contributed by atoms with Gasteiger partial charge >= 0.3 is 0 Å². The van der Waals surface area contributed by atoms with Gasteiger partial charge in [-0.2, -0.15) is 5.10 Å². The number of amides is 1. The lowest BCUT2D eigenvalue weighted by Gasteiger charge is -2.11. The number of aryl methyl sites for hydroxylation is 2. The number of halogens is 2. The maximum atomic E-state index is 12.2. The second-order valence-corrected chi connectivity index (χ2v) is 5.89. The minimum Gasteiger partial charge on any atom is -0.496 e.